The van der Waals surface area contributed by atoms with Crippen molar-refractivity contribution in [2.75, 3.05) is 5.73 Å². The van der Waals surface area contributed by atoms with E-state index in [1.54, 1.807) is 17.1 Å². The first-order chi connectivity index (χ1) is 10.1. The highest BCUT2D eigenvalue weighted by Gasteiger charge is 2.20. The van der Waals surface area contributed by atoms with Crippen LogP contribution in [-0.2, 0) is 19.9 Å². The highest BCUT2D eigenvalue weighted by atomic mass is 15.2. The van der Waals surface area contributed by atoms with Crippen molar-refractivity contribution >= 4 is 17.2 Å². The SMILES string of the molecule is CCc1nc2c(nc1N)C(c1cnn(C)c1)=CN=C(N)C2. The molecule has 0 bridgehead atoms. The number of rotatable bonds is 2. The molecule has 0 unspecified atom stereocenters. The van der Waals surface area contributed by atoms with Gasteiger partial charge in [0.2, 0.25) is 0 Å². The second kappa shape index (κ2) is 5.01. The zero-order valence-corrected chi connectivity index (χ0v) is 12.0. The lowest BCUT2D eigenvalue weighted by Gasteiger charge is -2.11. The average Bonchev–Trinajstić information content (AvgIpc) is 2.80. The first kappa shape index (κ1) is 13.3. The first-order valence-corrected chi connectivity index (χ1v) is 6.75. The van der Waals surface area contributed by atoms with Gasteiger partial charge >= 0.3 is 0 Å². The molecule has 2 aromatic heterocycles. The molecule has 0 spiro atoms. The van der Waals surface area contributed by atoms with Gasteiger partial charge in [-0.2, -0.15) is 5.10 Å². The minimum atomic E-state index is 0.450. The summed E-state index contributed by atoms with van der Waals surface area (Å²) in [5, 5.41) is 4.19. The quantitative estimate of drug-likeness (QED) is 0.841. The molecule has 3 heterocycles. The summed E-state index contributed by atoms with van der Waals surface area (Å²) in [4.78, 5) is 13.4. The van der Waals surface area contributed by atoms with Crippen LogP contribution in [0.4, 0.5) is 5.82 Å². The molecule has 7 heteroatoms. The van der Waals surface area contributed by atoms with Crippen LogP contribution >= 0.6 is 0 Å². The second-order valence-electron chi connectivity index (χ2n) is 4.95. The first-order valence-electron chi connectivity index (χ1n) is 6.75. The third kappa shape index (κ3) is 2.37. The monoisotopic (exact) mass is 283 g/mol. The molecule has 0 saturated carbocycles. The lowest BCUT2D eigenvalue weighted by molar-refractivity contribution is 0.767. The van der Waals surface area contributed by atoms with Crippen LogP contribution in [0.15, 0.2) is 23.6 Å². The zero-order valence-electron chi connectivity index (χ0n) is 12.0. The molecule has 3 rings (SSSR count). The Kier molecular flexibility index (Phi) is 3.17. The van der Waals surface area contributed by atoms with Gasteiger partial charge in [0.05, 0.1) is 23.3 Å². The molecule has 108 valence electrons. The lowest BCUT2D eigenvalue weighted by atomic mass is 10.0. The Labute approximate surface area is 122 Å². The van der Waals surface area contributed by atoms with Crippen LogP contribution in [0.2, 0.25) is 0 Å². The molecule has 2 aromatic rings. The van der Waals surface area contributed by atoms with E-state index in [1.807, 2.05) is 20.2 Å². The highest BCUT2D eigenvalue weighted by molar-refractivity contribution is 5.89. The van der Waals surface area contributed by atoms with Crippen molar-refractivity contribution < 1.29 is 0 Å². The van der Waals surface area contributed by atoms with Gasteiger partial charge in [-0.05, 0) is 6.42 Å². The molecular weight excluding hydrogens is 266 g/mol. The second-order valence-corrected chi connectivity index (χ2v) is 4.95. The number of aromatic nitrogens is 4. The van der Waals surface area contributed by atoms with E-state index in [-0.39, 0.29) is 0 Å². The fourth-order valence-corrected chi connectivity index (χ4v) is 2.32. The number of anilines is 1. The van der Waals surface area contributed by atoms with Crippen molar-refractivity contribution in [2.45, 2.75) is 19.8 Å². The number of aryl methyl sites for hydroxylation is 2. The molecule has 0 atom stereocenters. The predicted octanol–water partition coefficient (Wildman–Crippen LogP) is 0.657. The number of nitrogens with zero attached hydrogens (tertiary/aromatic N) is 5. The molecule has 1 aliphatic heterocycles. The highest BCUT2D eigenvalue weighted by Crippen LogP contribution is 2.27. The van der Waals surface area contributed by atoms with Gasteiger partial charge in [0, 0.05) is 37.0 Å². The molecule has 0 radical (unpaired) electrons. The largest absolute Gasteiger partial charge is 0.387 e. The number of hydrogen-bond acceptors (Lipinski definition) is 6. The van der Waals surface area contributed by atoms with Crippen molar-refractivity contribution in [1.82, 2.24) is 19.7 Å². The van der Waals surface area contributed by atoms with Gasteiger partial charge in [-0.3, -0.25) is 9.67 Å². The van der Waals surface area contributed by atoms with Crippen molar-refractivity contribution in [3.63, 3.8) is 0 Å². The van der Waals surface area contributed by atoms with Crippen LogP contribution in [0.5, 0.6) is 0 Å². The summed E-state index contributed by atoms with van der Waals surface area (Å²) >= 11 is 0. The topological polar surface area (TPSA) is 108 Å². The third-order valence-corrected chi connectivity index (χ3v) is 3.39. The number of aliphatic imine (C=N–C) groups is 1. The van der Waals surface area contributed by atoms with Gasteiger partial charge < -0.3 is 11.5 Å². The Morgan fingerprint density at radius 3 is 2.76 bits per heavy atom. The maximum atomic E-state index is 6.00. The Hall–Kier alpha value is -2.70. The summed E-state index contributed by atoms with van der Waals surface area (Å²) < 4.78 is 1.73. The number of fused-ring (bicyclic) bond motifs is 1. The maximum absolute atomic E-state index is 6.00. The molecule has 0 amide bonds. The van der Waals surface area contributed by atoms with Crippen LogP contribution in [0.1, 0.15) is 29.6 Å². The van der Waals surface area contributed by atoms with Gasteiger partial charge in [0.25, 0.3) is 0 Å². The standard InChI is InChI=1S/C14H17N7/c1-3-10-14(16)20-13-9(8-5-18-21(2)7-8)6-17-12(15)4-11(13)19-10/h5-7H,3-4H2,1-2H3,(H2,15,17)(H2,16,20). The molecule has 4 N–H and O–H groups in total. The van der Waals surface area contributed by atoms with E-state index < -0.39 is 0 Å². The Balaban J connectivity index is 2.21. The minimum absolute atomic E-state index is 0.450. The smallest absolute Gasteiger partial charge is 0.145 e. The van der Waals surface area contributed by atoms with Crippen LogP contribution < -0.4 is 11.5 Å². The Morgan fingerprint density at radius 2 is 2.10 bits per heavy atom. The molecule has 21 heavy (non-hydrogen) atoms. The number of hydrogen-bond donors (Lipinski definition) is 2. The Bertz CT molecular complexity index is 755. The molecule has 0 aromatic carbocycles. The van der Waals surface area contributed by atoms with Gasteiger partial charge in [0.15, 0.2) is 0 Å². The van der Waals surface area contributed by atoms with Crippen LogP contribution in [-0.4, -0.2) is 25.6 Å². The molecular formula is C14H17N7. The minimum Gasteiger partial charge on any atom is -0.387 e. The van der Waals surface area contributed by atoms with E-state index in [4.69, 9.17) is 11.5 Å². The number of nitrogen functional groups attached to an aromatic ring is 1. The fourth-order valence-electron chi connectivity index (χ4n) is 2.32. The van der Waals surface area contributed by atoms with E-state index in [1.165, 1.54) is 0 Å². The zero-order chi connectivity index (χ0) is 15.0. The lowest BCUT2D eigenvalue weighted by Crippen LogP contribution is -2.17. The van der Waals surface area contributed by atoms with E-state index in [0.717, 1.165) is 34.6 Å². The number of nitrogens with two attached hydrogens (primary N) is 2. The van der Waals surface area contributed by atoms with Crippen molar-refractivity contribution in [2.24, 2.45) is 17.8 Å². The van der Waals surface area contributed by atoms with Crippen LogP contribution in [0, 0.1) is 0 Å². The van der Waals surface area contributed by atoms with Gasteiger partial charge in [-0.25, -0.2) is 9.98 Å². The summed E-state index contributed by atoms with van der Waals surface area (Å²) in [6, 6.07) is 0. The fraction of sp³-hybridized carbons (Fsp3) is 0.286. The maximum Gasteiger partial charge on any atom is 0.145 e. The van der Waals surface area contributed by atoms with E-state index in [0.29, 0.717) is 18.1 Å². The summed E-state index contributed by atoms with van der Waals surface area (Å²) in [5.74, 6) is 0.961. The van der Waals surface area contributed by atoms with Gasteiger partial charge in [-0.1, -0.05) is 6.92 Å². The Morgan fingerprint density at radius 1 is 1.29 bits per heavy atom. The molecule has 7 nitrogen and oxygen atoms in total. The predicted molar refractivity (Wildman–Crippen MR) is 81.4 cm³/mol. The van der Waals surface area contributed by atoms with E-state index in [2.05, 4.69) is 20.1 Å². The number of amidine groups is 1. The van der Waals surface area contributed by atoms with Crippen molar-refractivity contribution in [3.05, 3.63) is 41.2 Å². The third-order valence-electron chi connectivity index (χ3n) is 3.39. The normalized spacial score (nSPS) is 14.2. The van der Waals surface area contributed by atoms with Gasteiger partial charge in [0.1, 0.15) is 11.7 Å². The molecule has 0 aliphatic carbocycles. The van der Waals surface area contributed by atoms with Gasteiger partial charge in [-0.15, -0.1) is 0 Å². The molecule has 0 fully saturated rings. The molecule has 1 aliphatic rings. The van der Waals surface area contributed by atoms with Crippen LogP contribution in [0.25, 0.3) is 5.57 Å². The molecule has 0 saturated heterocycles. The van der Waals surface area contributed by atoms with Crippen molar-refractivity contribution in [3.8, 4) is 0 Å². The summed E-state index contributed by atoms with van der Waals surface area (Å²) in [7, 11) is 1.86. The summed E-state index contributed by atoms with van der Waals surface area (Å²) in [6.45, 7) is 2.00. The average molecular weight is 283 g/mol. The summed E-state index contributed by atoms with van der Waals surface area (Å²) in [6.07, 6.45) is 6.57. The van der Waals surface area contributed by atoms with E-state index >= 15 is 0 Å². The van der Waals surface area contributed by atoms with E-state index in [9.17, 15) is 0 Å². The summed E-state index contributed by atoms with van der Waals surface area (Å²) in [5.41, 5.74) is 16.0. The van der Waals surface area contributed by atoms with Crippen molar-refractivity contribution in [1.29, 1.82) is 0 Å². The van der Waals surface area contributed by atoms with Crippen LogP contribution in [0.3, 0.4) is 0 Å².